The van der Waals surface area contributed by atoms with Crippen LogP contribution in [0.1, 0.15) is 27.2 Å². The summed E-state index contributed by atoms with van der Waals surface area (Å²) < 4.78 is 36.4. The van der Waals surface area contributed by atoms with Crippen molar-refractivity contribution < 1.29 is 13.2 Å². The van der Waals surface area contributed by atoms with Crippen LogP contribution in [0.5, 0.6) is 0 Å². The third-order valence-corrected chi connectivity index (χ3v) is 2.54. The summed E-state index contributed by atoms with van der Waals surface area (Å²) in [5, 5.41) is 6.26. The Morgan fingerprint density at radius 1 is 1.32 bits per heavy atom. The lowest BCUT2D eigenvalue weighted by molar-refractivity contribution is -0.142. The molecule has 0 fully saturated rings. The molecule has 0 aromatic rings. The molecular formula is C12H25F3N4. The minimum atomic E-state index is -4.15. The Bertz CT molecular complexity index is 266. The number of rotatable bonds is 7. The Balaban J connectivity index is 4.16. The number of alkyl halides is 3. The van der Waals surface area contributed by atoms with Crippen molar-refractivity contribution in [2.24, 2.45) is 4.99 Å². The predicted octanol–water partition coefficient (Wildman–Crippen LogP) is 1.83. The van der Waals surface area contributed by atoms with Gasteiger partial charge in [0.25, 0.3) is 0 Å². The number of hydrogen-bond acceptors (Lipinski definition) is 2. The molecule has 0 bridgehead atoms. The van der Waals surface area contributed by atoms with Gasteiger partial charge in [-0.15, -0.1) is 0 Å². The number of halogens is 3. The monoisotopic (exact) mass is 282 g/mol. The number of hydrogen-bond donors (Lipinski definition) is 2. The third-order valence-electron chi connectivity index (χ3n) is 2.54. The largest absolute Gasteiger partial charge is 0.401 e. The second-order valence-electron chi connectivity index (χ2n) is 4.57. The first-order chi connectivity index (χ1) is 8.78. The number of guanidine groups is 1. The molecule has 0 aliphatic carbocycles. The van der Waals surface area contributed by atoms with Gasteiger partial charge in [-0.25, -0.2) is 0 Å². The molecule has 114 valence electrons. The van der Waals surface area contributed by atoms with E-state index in [4.69, 9.17) is 0 Å². The lowest BCUT2D eigenvalue weighted by Crippen LogP contribution is -2.42. The zero-order valence-corrected chi connectivity index (χ0v) is 12.1. The molecule has 0 heterocycles. The van der Waals surface area contributed by atoms with Crippen molar-refractivity contribution >= 4 is 5.96 Å². The molecule has 4 nitrogen and oxygen atoms in total. The van der Waals surface area contributed by atoms with Crippen molar-refractivity contribution in [2.45, 2.75) is 39.4 Å². The molecule has 0 saturated carbocycles. The van der Waals surface area contributed by atoms with E-state index in [2.05, 4.69) is 22.5 Å². The Labute approximate surface area is 113 Å². The van der Waals surface area contributed by atoms with Crippen LogP contribution in [0.4, 0.5) is 13.2 Å². The summed E-state index contributed by atoms with van der Waals surface area (Å²) >= 11 is 0. The molecule has 0 amide bonds. The highest BCUT2D eigenvalue weighted by molar-refractivity contribution is 5.80. The van der Waals surface area contributed by atoms with Crippen LogP contribution in [-0.4, -0.2) is 56.3 Å². The van der Waals surface area contributed by atoms with Gasteiger partial charge in [-0.2, -0.15) is 13.2 Å². The molecule has 0 aromatic carbocycles. The van der Waals surface area contributed by atoms with Gasteiger partial charge in [-0.05, 0) is 27.3 Å². The first-order valence-electron chi connectivity index (χ1n) is 6.58. The zero-order chi connectivity index (χ0) is 14.9. The van der Waals surface area contributed by atoms with E-state index < -0.39 is 12.7 Å². The maximum atomic E-state index is 12.1. The summed E-state index contributed by atoms with van der Waals surface area (Å²) in [6, 6.07) is 0.283. The lowest BCUT2D eigenvalue weighted by Gasteiger charge is -2.19. The van der Waals surface area contributed by atoms with Crippen LogP contribution in [0.2, 0.25) is 0 Å². The zero-order valence-electron chi connectivity index (χ0n) is 12.1. The van der Waals surface area contributed by atoms with E-state index in [1.807, 2.05) is 13.8 Å². The van der Waals surface area contributed by atoms with E-state index in [-0.39, 0.29) is 12.6 Å². The summed E-state index contributed by atoms with van der Waals surface area (Å²) in [6.07, 6.45) is -3.20. The molecule has 19 heavy (non-hydrogen) atoms. The number of nitrogens with zero attached hydrogens (tertiary/aromatic N) is 2. The molecule has 1 unspecified atom stereocenters. The van der Waals surface area contributed by atoms with E-state index in [9.17, 15) is 13.2 Å². The fourth-order valence-corrected chi connectivity index (χ4v) is 1.37. The summed E-state index contributed by atoms with van der Waals surface area (Å²) in [5.41, 5.74) is 0. The Hall–Kier alpha value is -0.980. The van der Waals surface area contributed by atoms with E-state index in [1.165, 1.54) is 11.9 Å². The average Bonchev–Trinajstić information content (AvgIpc) is 2.26. The molecular weight excluding hydrogens is 257 g/mol. The van der Waals surface area contributed by atoms with E-state index in [0.29, 0.717) is 12.5 Å². The van der Waals surface area contributed by atoms with Gasteiger partial charge in [0.05, 0.1) is 13.1 Å². The SMILES string of the molecule is CCNC(=NCCN(C)CC(F)(F)F)NC(C)CC. The molecule has 0 aliphatic heterocycles. The quantitative estimate of drug-likeness (QED) is 0.553. The molecule has 0 aromatic heterocycles. The van der Waals surface area contributed by atoms with Gasteiger partial charge in [0.15, 0.2) is 5.96 Å². The highest BCUT2D eigenvalue weighted by Gasteiger charge is 2.28. The summed E-state index contributed by atoms with van der Waals surface area (Å²) in [5.74, 6) is 0.650. The molecule has 0 aliphatic rings. The van der Waals surface area contributed by atoms with Crippen molar-refractivity contribution in [3.8, 4) is 0 Å². The minimum absolute atomic E-state index is 0.274. The van der Waals surface area contributed by atoms with Crippen molar-refractivity contribution in [1.82, 2.24) is 15.5 Å². The van der Waals surface area contributed by atoms with E-state index >= 15 is 0 Å². The fraction of sp³-hybridized carbons (Fsp3) is 0.917. The topological polar surface area (TPSA) is 39.7 Å². The molecule has 0 rings (SSSR count). The average molecular weight is 282 g/mol. The van der Waals surface area contributed by atoms with E-state index in [1.54, 1.807) is 0 Å². The van der Waals surface area contributed by atoms with Gasteiger partial charge in [-0.3, -0.25) is 9.89 Å². The first kappa shape index (κ1) is 18.0. The molecule has 2 N–H and O–H groups in total. The lowest BCUT2D eigenvalue weighted by atomic mass is 10.3. The minimum Gasteiger partial charge on any atom is -0.357 e. The normalized spacial score (nSPS) is 14.6. The summed E-state index contributed by atoms with van der Waals surface area (Å²) in [7, 11) is 1.44. The Kier molecular flexibility index (Phi) is 8.54. The van der Waals surface area contributed by atoms with Crippen molar-refractivity contribution in [3.63, 3.8) is 0 Å². The van der Waals surface area contributed by atoms with Crippen LogP contribution in [0, 0.1) is 0 Å². The summed E-state index contributed by atoms with van der Waals surface area (Å²) in [6.45, 7) is 6.46. The van der Waals surface area contributed by atoms with Gasteiger partial charge in [0.2, 0.25) is 0 Å². The molecule has 0 saturated heterocycles. The van der Waals surface area contributed by atoms with Crippen molar-refractivity contribution in [2.75, 3.05) is 33.2 Å². The van der Waals surface area contributed by atoms with Gasteiger partial charge < -0.3 is 10.6 Å². The fourth-order valence-electron chi connectivity index (χ4n) is 1.37. The van der Waals surface area contributed by atoms with Crippen LogP contribution in [0.3, 0.4) is 0 Å². The van der Waals surface area contributed by atoms with Gasteiger partial charge in [0, 0.05) is 19.1 Å². The second-order valence-corrected chi connectivity index (χ2v) is 4.57. The smallest absolute Gasteiger partial charge is 0.357 e. The van der Waals surface area contributed by atoms with Crippen LogP contribution in [0.15, 0.2) is 4.99 Å². The molecule has 0 spiro atoms. The van der Waals surface area contributed by atoms with Crippen molar-refractivity contribution in [1.29, 1.82) is 0 Å². The second kappa shape index (κ2) is 9.01. The molecule has 7 heteroatoms. The number of aliphatic imine (C=N–C) groups is 1. The number of nitrogens with one attached hydrogen (secondary N) is 2. The predicted molar refractivity (Wildman–Crippen MR) is 72.4 cm³/mol. The Morgan fingerprint density at radius 3 is 2.42 bits per heavy atom. The molecule has 0 radical (unpaired) electrons. The Morgan fingerprint density at radius 2 is 1.95 bits per heavy atom. The molecule has 1 atom stereocenters. The van der Waals surface area contributed by atoms with Gasteiger partial charge in [-0.1, -0.05) is 6.92 Å². The third kappa shape index (κ3) is 10.6. The number of likely N-dealkylation sites (N-methyl/N-ethyl adjacent to an activating group) is 1. The van der Waals surface area contributed by atoms with Gasteiger partial charge >= 0.3 is 6.18 Å². The van der Waals surface area contributed by atoms with Crippen molar-refractivity contribution in [3.05, 3.63) is 0 Å². The van der Waals surface area contributed by atoms with E-state index in [0.717, 1.165) is 13.0 Å². The highest BCUT2D eigenvalue weighted by atomic mass is 19.4. The summed E-state index contributed by atoms with van der Waals surface area (Å²) in [4.78, 5) is 5.48. The maximum Gasteiger partial charge on any atom is 0.401 e. The first-order valence-corrected chi connectivity index (χ1v) is 6.58. The standard InChI is InChI=1S/C12H25F3N4/c1-5-10(3)18-11(16-6-2)17-7-8-19(4)9-12(13,14)15/h10H,5-9H2,1-4H3,(H2,16,17,18). The van der Waals surface area contributed by atoms with Crippen LogP contribution >= 0.6 is 0 Å². The highest BCUT2D eigenvalue weighted by Crippen LogP contribution is 2.15. The van der Waals surface area contributed by atoms with Crippen LogP contribution in [-0.2, 0) is 0 Å². The van der Waals surface area contributed by atoms with Crippen LogP contribution < -0.4 is 10.6 Å². The maximum absolute atomic E-state index is 12.1. The van der Waals surface area contributed by atoms with Crippen LogP contribution in [0.25, 0.3) is 0 Å². The van der Waals surface area contributed by atoms with Gasteiger partial charge in [0.1, 0.15) is 0 Å².